The summed E-state index contributed by atoms with van der Waals surface area (Å²) in [7, 11) is 0. The maximum atomic E-state index is 14.0. The Morgan fingerprint density at radius 2 is 1.89 bits per heavy atom. The van der Waals surface area contributed by atoms with Gasteiger partial charge in [-0.3, -0.25) is 15.1 Å². The molecule has 9 heteroatoms. The monoisotopic (exact) mass is 408 g/mol. The second-order valence-corrected chi connectivity index (χ2v) is 7.51. The van der Waals surface area contributed by atoms with E-state index in [1.807, 2.05) is 0 Å². The van der Waals surface area contributed by atoms with Gasteiger partial charge >= 0.3 is 0 Å². The van der Waals surface area contributed by atoms with E-state index >= 15 is 0 Å². The molecule has 27 heavy (non-hydrogen) atoms. The summed E-state index contributed by atoms with van der Waals surface area (Å²) >= 11 is 7.06. The first kappa shape index (κ1) is 18.4. The van der Waals surface area contributed by atoms with Crippen LogP contribution in [0.5, 0.6) is 0 Å². The van der Waals surface area contributed by atoms with E-state index in [2.05, 4.69) is 15.8 Å². The Balaban J connectivity index is 1.66. The molecule has 1 saturated heterocycles. The number of amides is 1. The Kier molecular flexibility index (Phi) is 5.14. The lowest BCUT2D eigenvalue weighted by Crippen LogP contribution is -2.49. The molecule has 0 spiro atoms. The Morgan fingerprint density at radius 3 is 2.59 bits per heavy atom. The van der Waals surface area contributed by atoms with Crippen LogP contribution in [0.2, 0.25) is 5.02 Å². The molecule has 0 radical (unpaired) electrons. The molecule has 2 N–H and O–H groups in total. The van der Waals surface area contributed by atoms with Crippen LogP contribution in [0.25, 0.3) is 0 Å². The van der Waals surface area contributed by atoms with Crippen molar-refractivity contribution < 1.29 is 13.6 Å². The Hall–Kier alpha value is -2.00. The van der Waals surface area contributed by atoms with Gasteiger partial charge in [-0.05, 0) is 36.4 Å². The molecule has 1 fully saturated rings. The first-order valence-electron chi connectivity index (χ1n) is 8.26. The number of nitrogens with one attached hydrogen (secondary N) is 2. The number of carbonyl (C=O) groups is 1. The number of aliphatic imine (C=N–C) groups is 1. The summed E-state index contributed by atoms with van der Waals surface area (Å²) in [5.74, 6) is -1.72. The van der Waals surface area contributed by atoms with E-state index in [-0.39, 0.29) is 23.1 Å². The van der Waals surface area contributed by atoms with Crippen molar-refractivity contribution in [2.24, 2.45) is 10.9 Å². The lowest BCUT2D eigenvalue weighted by Gasteiger charge is -2.32. The predicted molar refractivity (Wildman–Crippen MR) is 102 cm³/mol. The normalized spacial score (nSPS) is 22.0. The van der Waals surface area contributed by atoms with Crippen LogP contribution >= 0.6 is 23.4 Å². The summed E-state index contributed by atoms with van der Waals surface area (Å²) in [6.07, 6.45) is -0.408. The van der Waals surface area contributed by atoms with Gasteiger partial charge in [0.15, 0.2) is 5.17 Å². The molecule has 0 aromatic heterocycles. The second-order valence-electron chi connectivity index (χ2n) is 6.13. The van der Waals surface area contributed by atoms with Gasteiger partial charge in [-0.2, -0.15) is 0 Å². The lowest BCUT2D eigenvalue weighted by atomic mass is 10.0. The molecule has 4 rings (SSSR count). The number of carbonyl (C=O) groups excluding carboxylic acids is 1. The Labute approximate surface area is 163 Å². The molecule has 2 atom stereocenters. The third kappa shape index (κ3) is 3.58. The number of hydrogen-bond acceptors (Lipinski definition) is 5. The zero-order valence-corrected chi connectivity index (χ0v) is 15.5. The minimum absolute atomic E-state index is 0.0134. The number of halogens is 3. The average Bonchev–Trinajstić information content (AvgIpc) is 3.11. The fraction of sp³-hybridized carbons (Fsp3) is 0.222. The maximum Gasteiger partial charge on any atom is 0.241 e. The number of hydrogen-bond donors (Lipinski definition) is 2. The number of nitrogens with zero attached hydrogens (tertiary/aromatic N) is 2. The highest BCUT2D eigenvalue weighted by Crippen LogP contribution is 2.31. The first-order valence-corrected chi connectivity index (χ1v) is 9.62. The molecule has 0 aliphatic carbocycles. The van der Waals surface area contributed by atoms with Crippen LogP contribution < -0.4 is 15.8 Å². The molecular formula is C18H15ClF2N4OS. The smallest absolute Gasteiger partial charge is 0.241 e. The SMILES string of the molecule is O=C1C2CNNC2N=C(SCc2c(F)cccc2F)N1c1ccc(Cl)cc1. The van der Waals surface area contributed by atoms with Crippen LogP contribution in [0.15, 0.2) is 47.5 Å². The molecule has 2 aliphatic rings. The van der Waals surface area contributed by atoms with Gasteiger partial charge in [-0.25, -0.2) is 19.2 Å². The standard InChI is InChI=1S/C18H15ClF2N4OS/c19-10-4-6-11(7-5-10)25-17(26)12-8-22-24-16(12)23-18(25)27-9-13-14(20)2-1-3-15(13)21/h1-7,12,16,22,24H,8-9H2. The van der Waals surface area contributed by atoms with Gasteiger partial charge < -0.3 is 0 Å². The van der Waals surface area contributed by atoms with Crippen LogP contribution in [0.3, 0.4) is 0 Å². The van der Waals surface area contributed by atoms with Crippen molar-refractivity contribution in [3.8, 4) is 0 Å². The van der Waals surface area contributed by atoms with Crippen LogP contribution in [0.1, 0.15) is 5.56 Å². The highest BCUT2D eigenvalue weighted by Gasteiger charge is 2.42. The van der Waals surface area contributed by atoms with Crippen LogP contribution in [0, 0.1) is 17.6 Å². The minimum atomic E-state index is -0.623. The second kappa shape index (κ2) is 7.55. The molecule has 0 saturated carbocycles. The van der Waals surface area contributed by atoms with E-state index in [1.165, 1.54) is 23.1 Å². The van der Waals surface area contributed by atoms with E-state index in [4.69, 9.17) is 11.6 Å². The van der Waals surface area contributed by atoms with Crippen molar-refractivity contribution >= 4 is 40.1 Å². The van der Waals surface area contributed by atoms with Gasteiger partial charge in [0.05, 0.1) is 11.6 Å². The average molecular weight is 409 g/mol. The van der Waals surface area contributed by atoms with Gasteiger partial charge in [0.25, 0.3) is 0 Å². The predicted octanol–water partition coefficient (Wildman–Crippen LogP) is 3.30. The molecular weight excluding hydrogens is 394 g/mol. The molecule has 2 unspecified atom stereocenters. The zero-order valence-electron chi connectivity index (χ0n) is 14.0. The van der Waals surface area contributed by atoms with Crippen molar-refractivity contribution in [1.29, 1.82) is 0 Å². The molecule has 2 aromatic rings. The fourth-order valence-corrected chi connectivity index (χ4v) is 4.19. The molecule has 2 heterocycles. The van der Waals surface area contributed by atoms with E-state index < -0.39 is 17.8 Å². The van der Waals surface area contributed by atoms with E-state index in [0.717, 1.165) is 11.8 Å². The van der Waals surface area contributed by atoms with Crippen molar-refractivity contribution in [2.45, 2.75) is 11.9 Å². The van der Waals surface area contributed by atoms with E-state index in [0.29, 0.717) is 22.4 Å². The van der Waals surface area contributed by atoms with Gasteiger partial charge in [0.1, 0.15) is 17.8 Å². The topological polar surface area (TPSA) is 56.7 Å². The summed E-state index contributed by atoms with van der Waals surface area (Å²) in [6.45, 7) is 0.455. The molecule has 2 aromatic carbocycles. The van der Waals surface area contributed by atoms with Crippen molar-refractivity contribution in [3.05, 3.63) is 64.7 Å². The molecule has 1 amide bonds. The van der Waals surface area contributed by atoms with Crippen molar-refractivity contribution in [2.75, 3.05) is 11.4 Å². The molecule has 140 valence electrons. The maximum absolute atomic E-state index is 14.0. The number of fused-ring (bicyclic) bond motifs is 1. The van der Waals surface area contributed by atoms with Crippen LogP contribution in [0.4, 0.5) is 14.5 Å². The molecule has 0 bridgehead atoms. The summed E-state index contributed by atoms with van der Waals surface area (Å²) in [5, 5.41) is 0.923. The number of hydrazine groups is 1. The number of thioether (sulfide) groups is 1. The molecule has 5 nitrogen and oxygen atoms in total. The lowest BCUT2D eigenvalue weighted by molar-refractivity contribution is -0.121. The number of anilines is 1. The fourth-order valence-electron chi connectivity index (χ4n) is 3.00. The van der Waals surface area contributed by atoms with Gasteiger partial charge in [-0.15, -0.1) is 0 Å². The third-order valence-corrected chi connectivity index (χ3v) is 5.65. The van der Waals surface area contributed by atoms with Gasteiger partial charge in [-0.1, -0.05) is 29.4 Å². The Morgan fingerprint density at radius 1 is 1.19 bits per heavy atom. The summed E-state index contributed by atoms with van der Waals surface area (Å²) in [5.41, 5.74) is 6.45. The molecule has 2 aliphatic heterocycles. The van der Waals surface area contributed by atoms with Crippen molar-refractivity contribution in [3.63, 3.8) is 0 Å². The van der Waals surface area contributed by atoms with E-state index in [9.17, 15) is 13.6 Å². The number of benzene rings is 2. The highest BCUT2D eigenvalue weighted by atomic mass is 35.5. The largest absolute Gasteiger partial charge is 0.274 e. The van der Waals surface area contributed by atoms with Gasteiger partial charge in [0, 0.05) is 22.9 Å². The summed E-state index contributed by atoms with van der Waals surface area (Å²) in [6, 6.07) is 10.5. The number of rotatable bonds is 3. The zero-order chi connectivity index (χ0) is 19.0. The first-order chi connectivity index (χ1) is 13.0. The highest BCUT2D eigenvalue weighted by molar-refractivity contribution is 8.13. The summed E-state index contributed by atoms with van der Waals surface area (Å²) in [4.78, 5) is 19.1. The third-order valence-electron chi connectivity index (χ3n) is 4.42. The quantitative estimate of drug-likeness (QED) is 0.818. The van der Waals surface area contributed by atoms with Crippen LogP contribution in [-0.4, -0.2) is 23.8 Å². The van der Waals surface area contributed by atoms with Crippen LogP contribution in [-0.2, 0) is 10.5 Å². The minimum Gasteiger partial charge on any atom is -0.274 e. The summed E-state index contributed by atoms with van der Waals surface area (Å²) < 4.78 is 27.9. The van der Waals surface area contributed by atoms with E-state index in [1.54, 1.807) is 24.3 Å². The number of amidine groups is 1. The van der Waals surface area contributed by atoms with Crippen molar-refractivity contribution in [1.82, 2.24) is 10.9 Å². The Bertz CT molecular complexity index is 888. The van der Waals surface area contributed by atoms with Gasteiger partial charge in [0.2, 0.25) is 5.91 Å².